The fourth-order valence-corrected chi connectivity index (χ4v) is 6.41. The van der Waals surface area contributed by atoms with Crippen LogP contribution in [0.25, 0.3) is 0 Å². The van der Waals surface area contributed by atoms with Gasteiger partial charge in [0.1, 0.15) is 18.8 Å². The van der Waals surface area contributed by atoms with Crippen molar-refractivity contribution in [3.8, 4) is 0 Å². The first-order valence-electron chi connectivity index (χ1n) is 20.8. The highest BCUT2D eigenvalue weighted by molar-refractivity contribution is 7.47. The number of ether oxygens (including phenoxy) is 3. The number of carboxylic acid groups (broad SMARTS) is 1. The van der Waals surface area contributed by atoms with E-state index in [0.29, 0.717) is 19.3 Å². The van der Waals surface area contributed by atoms with Crippen LogP contribution in [0.5, 0.6) is 0 Å². The highest BCUT2D eigenvalue weighted by Gasteiger charge is 2.35. The molecule has 1 aliphatic rings. The molecule has 1 rings (SSSR count). The molecular formula is C42H72NO11P. The van der Waals surface area contributed by atoms with Crippen LogP contribution in [0.15, 0.2) is 48.6 Å². The Labute approximate surface area is 330 Å². The summed E-state index contributed by atoms with van der Waals surface area (Å²) in [6.07, 6.45) is 37.8. The Balaban J connectivity index is 2.39. The van der Waals surface area contributed by atoms with E-state index >= 15 is 0 Å². The van der Waals surface area contributed by atoms with Crippen molar-refractivity contribution in [2.24, 2.45) is 5.73 Å². The maximum atomic E-state index is 12.7. The predicted octanol–water partition coefficient (Wildman–Crippen LogP) is 9.60. The Hall–Kier alpha value is -2.60. The van der Waals surface area contributed by atoms with Crippen molar-refractivity contribution in [3.05, 3.63) is 48.6 Å². The van der Waals surface area contributed by atoms with Gasteiger partial charge in [-0.25, -0.2) is 4.57 Å². The summed E-state index contributed by atoms with van der Waals surface area (Å²) in [5.74, 6) is -2.49. The number of phosphoric ester groups is 1. The number of hydrogen-bond acceptors (Lipinski definition) is 10. The number of unbranched alkanes of at least 4 members (excludes halogenated alkanes) is 15. The number of esters is 2. The lowest BCUT2D eigenvalue weighted by molar-refractivity contribution is -0.161. The summed E-state index contributed by atoms with van der Waals surface area (Å²) in [7, 11) is -4.74. The number of rotatable bonds is 37. The first-order chi connectivity index (χ1) is 26.6. The predicted molar refractivity (Wildman–Crippen MR) is 216 cm³/mol. The first-order valence-corrected chi connectivity index (χ1v) is 22.3. The lowest BCUT2D eigenvalue weighted by Gasteiger charge is -2.20. The number of carbonyl (C=O) groups is 3. The zero-order chi connectivity index (χ0) is 40.4. The fraction of sp³-hybridized carbons (Fsp3) is 0.738. The summed E-state index contributed by atoms with van der Waals surface area (Å²) >= 11 is 0. The molecule has 0 aliphatic carbocycles. The Kier molecular flexibility index (Phi) is 30.7. The lowest BCUT2D eigenvalue weighted by atomic mass is 10.0. The van der Waals surface area contributed by atoms with Gasteiger partial charge in [-0.2, -0.15) is 0 Å². The molecule has 0 radical (unpaired) electrons. The van der Waals surface area contributed by atoms with Gasteiger partial charge in [0.05, 0.1) is 19.3 Å². The molecule has 1 aliphatic heterocycles. The quantitative estimate of drug-likeness (QED) is 0.0135. The zero-order valence-electron chi connectivity index (χ0n) is 33.7. The average Bonchev–Trinajstić information content (AvgIpc) is 3.91. The molecule has 5 unspecified atom stereocenters. The number of aliphatic carboxylic acids is 1. The number of allylic oxidation sites excluding steroid dienone is 7. The molecule has 0 aromatic carbocycles. The minimum atomic E-state index is -4.74. The van der Waals surface area contributed by atoms with E-state index in [4.69, 9.17) is 29.6 Å². The third-order valence-corrected chi connectivity index (χ3v) is 10.00. The summed E-state index contributed by atoms with van der Waals surface area (Å²) in [6.45, 7) is 2.66. The van der Waals surface area contributed by atoms with Crippen LogP contribution >= 0.6 is 7.82 Å². The SMILES string of the molecule is CCCCC/C=C/C/C=C/C=C\C=C/C1OC1CCCC(=O)OC(COC(=O)CCCCCCCCCCCCCCC)COP(=O)(O)OCC(N)C(=O)O. The van der Waals surface area contributed by atoms with Gasteiger partial charge in [-0.1, -0.05) is 152 Å². The van der Waals surface area contributed by atoms with Gasteiger partial charge in [0.2, 0.25) is 0 Å². The second-order valence-corrected chi connectivity index (χ2v) is 15.7. The number of carbonyl (C=O) groups excluding carboxylic acids is 2. The third kappa shape index (κ3) is 31.2. The van der Waals surface area contributed by atoms with Gasteiger partial charge in [0.15, 0.2) is 6.10 Å². The van der Waals surface area contributed by atoms with E-state index in [2.05, 4.69) is 36.6 Å². The fourth-order valence-electron chi connectivity index (χ4n) is 5.64. The minimum absolute atomic E-state index is 0.00520. The number of carboxylic acids is 1. The smallest absolute Gasteiger partial charge is 0.472 e. The van der Waals surface area contributed by atoms with Gasteiger partial charge in [0, 0.05) is 12.8 Å². The Bertz CT molecular complexity index is 1190. The summed E-state index contributed by atoms with van der Waals surface area (Å²) in [4.78, 5) is 46.0. The molecule has 1 fully saturated rings. The summed E-state index contributed by atoms with van der Waals surface area (Å²) in [5.41, 5.74) is 5.32. The third-order valence-electron chi connectivity index (χ3n) is 9.05. The number of epoxide rings is 1. The standard InChI is InChI=1S/C42H72NO11P/c1-3-5-7-9-11-13-15-17-19-21-23-25-27-31-40(44)50-33-36(34-51-55(48,49)52-35-37(43)42(46)47)53-41(45)32-28-30-39-38(54-39)29-26-24-22-20-18-16-14-12-10-8-6-4-2/h12,14,18,20,22,24,26,29,36-39H,3-11,13,15-17,19,21,23,25,27-28,30-35,43H2,1-2H3,(H,46,47)(H,48,49)/b14-12+,20-18+,24-22-,29-26-. The topological polar surface area (TPSA) is 184 Å². The number of nitrogens with two attached hydrogens (primary N) is 1. The molecule has 1 heterocycles. The normalized spacial score (nSPS) is 18.0. The molecule has 55 heavy (non-hydrogen) atoms. The van der Waals surface area contributed by atoms with E-state index < -0.39 is 51.1 Å². The zero-order valence-corrected chi connectivity index (χ0v) is 34.6. The molecule has 0 bridgehead atoms. The highest BCUT2D eigenvalue weighted by Crippen LogP contribution is 2.43. The van der Waals surface area contributed by atoms with E-state index in [0.717, 1.165) is 32.1 Å². The van der Waals surface area contributed by atoms with E-state index in [-0.39, 0.29) is 31.7 Å². The molecule has 5 atom stereocenters. The average molecular weight is 798 g/mol. The molecular weight excluding hydrogens is 725 g/mol. The second-order valence-electron chi connectivity index (χ2n) is 14.2. The van der Waals surface area contributed by atoms with E-state index in [9.17, 15) is 23.8 Å². The van der Waals surface area contributed by atoms with E-state index in [1.54, 1.807) is 0 Å². The summed E-state index contributed by atoms with van der Waals surface area (Å²) < 4.78 is 38.3. The van der Waals surface area contributed by atoms with Crippen molar-refractivity contribution >= 4 is 25.7 Å². The molecule has 12 nitrogen and oxygen atoms in total. The van der Waals surface area contributed by atoms with E-state index in [1.165, 1.54) is 77.0 Å². The van der Waals surface area contributed by atoms with E-state index in [1.807, 2.05) is 30.4 Å². The maximum Gasteiger partial charge on any atom is 0.472 e. The Morgan fingerprint density at radius 2 is 1.29 bits per heavy atom. The first kappa shape index (κ1) is 50.4. The van der Waals surface area contributed by atoms with Crippen LogP contribution in [-0.2, 0) is 42.2 Å². The molecule has 0 saturated carbocycles. The van der Waals surface area contributed by atoms with Crippen molar-refractivity contribution in [1.29, 1.82) is 0 Å². The van der Waals surface area contributed by atoms with Crippen molar-refractivity contribution in [2.75, 3.05) is 19.8 Å². The maximum absolute atomic E-state index is 12.7. The molecule has 13 heteroatoms. The largest absolute Gasteiger partial charge is 0.480 e. The molecule has 0 aromatic heterocycles. The van der Waals surface area contributed by atoms with Crippen molar-refractivity contribution in [1.82, 2.24) is 0 Å². The number of hydrogen-bond donors (Lipinski definition) is 3. The number of phosphoric acid groups is 1. The van der Waals surface area contributed by atoms with Gasteiger partial charge in [-0.3, -0.25) is 23.4 Å². The minimum Gasteiger partial charge on any atom is -0.480 e. The molecule has 0 aromatic rings. The molecule has 0 spiro atoms. The lowest BCUT2D eigenvalue weighted by Crippen LogP contribution is -2.34. The van der Waals surface area contributed by atoms with Crippen molar-refractivity contribution in [3.63, 3.8) is 0 Å². The summed E-state index contributed by atoms with van der Waals surface area (Å²) in [5, 5.41) is 8.88. The monoisotopic (exact) mass is 797 g/mol. The molecule has 0 amide bonds. The van der Waals surface area contributed by atoms with Crippen molar-refractivity contribution in [2.45, 2.75) is 179 Å². The van der Waals surface area contributed by atoms with Crippen molar-refractivity contribution < 1.29 is 52.2 Å². The highest BCUT2D eigenvalue weighted by atomic mass is 31.2. The van der Waals surface area contributed by atoms with Gasteiger partial charge in [-0.05, 0) is 38.5 Å². The van der Waals surface area contributed by atoms with Crippen LogP contribution < -0.4 is 5.73 Å². The van der Waals surface area contributed by atoms with Gasteiger partial charge >= 0.3 is 25.7 Å². The van der Waals surface area contributed by atoms with Crippen LogP contribution in [0.3, 0.4) is 0 Å². The van der Waals surface area contributed by atoms with Gasteiger partial charge in [-0.15, -0.1) is 0 Å². The Morgan fingerprint density at radius 1 is 0.709 bits per heavy atom. The van der Waals surface area contributed by atoms with Gasteiger partial charge < -0.3 is 29.9 Å². The van der Waals surface area contributed by atoms with Crippen LogP contribution in [0.2, 0.25) is 0 Å². The van der Waals surface area contributed by atoms with Crippen LogP contribution in [-0.4, -0.2) is 72.1 Å². The van der Waals surface area contributed by atoms with Crippen LogP contribution in [0.4, 0.5) is 0 Å². The molecule has 1 saturated heterocycles. The van der Waals surface area contributed by atoms with Crippen LogP contribution in [0.1, 0.15) is 155 Å². The summed E-state index contributed by atoms with van der Waals surface area (Å²) in [6, 6.07) is -1.54. The molecule has 4 N–H and O–H groups in total. The second kappa shape index (κ2) is 33.5. The molecule has 316 valence electrons. The van der Waals surface area contributed by atoms with Gasteiger partial charge in [0.25, 0.3) is 0 Å². The Morgan fingerprint density at radius 3 is 1.95 bits per heavy atom. The van der Waals surface area contributed by atoms with Crippen LogP contribution in [0, 0.1) is 0 Å².